The molecule has 0 bridgehead atoms. The Labute approximate surface area is 112 Å². The zero-order chi connectivity index (χ0) is 14.2. The average Bonchev–Trinajstić information content (AvgIpc) is 2.70. The van der Waals surface area contributed by atoms with Crippen LogP contribution in [0.5, 0.6) is 0 Å². The van der Waals surface area contributed by atoms with Crippen molar-refractivity contribution >= 4 is 17.0 Å². The number of aromatic nitrogens is 2. The molecule has 0 aliphatic heterocycles. The number of imidazole rings is 1. The summed E-state index contributed by atoms with van der Waals surface area (Å²) in [6, 6.07) is 4.06. The highest BCUT2D eigenvalue weighted by molar-refractivity contribution is 5.77. The van der Waals surface area contributed by atoms with E-state index >= 15 is 0 Å². The molecule has 1 aromatic carbocycles. The lowest BCUT2D eigenvalue weighted by Gasteiger charge is -2.20. The first-order valence-corrected chi connectivity index (χ1v) is 6.27. The Morgan fingerprint density at radius 3 is 2.68 bits per heavy atom. The van der Waals surface area contributed by atoms with Crippen LogP contribution >= 0.6 is 0 Å². The van der Waals surface area contributed by atoms with Gasteiger partial charge < -0.3 is 10.1 Å². The van der Waals surface area contributed by atoms with E-state index in [4.69, 9.17) is 5.11 Å². The number of aromatic amines is 1. The van der Waals surface area contributed by atoms with Crippen molar-refractivity contribution in [3.05, 3.63) is 29.1 Å². The van der Waals surface area contributed by atoms with E-state index in [1.165, 1.54) is 11.1 Å². The molecule has 0 saturated carbocycles. The van der Waals surface area contributed by atoms with Crippen LogP contribution < -0.4 is 0 Å². The topological polar surface area (TPSA) is 69.2 Å². The minimum Gasteiger partial charge on any atom is -0.480 e. The van der Waals surface area contributed by atoms with Crippen LogP contribution in [0.1, 0.15) is 29.9 Å². The van der Waals surface area contributed by atoms with E-state index in [0.29, 0.717) is 0 Å². The van der Waals surface area contributed by atoms with Crippen LogP contribution in [0.15, 0.2) is 12.1 Å². The molecule has 5 heteroatoms. The zero-order valence-corrected chi connectivity index (χ0v) is 11.7. The smallest absolute Gasteiger partial charge is 0.317 e. The molecule has 5 nitrogen and oxygen atoms in total. The van der Waals surface area contributed by atoms with Crippen LogP contribution in [0.3, 0.4) is 0 Å². The Balaban J connectivity index is 2.32. The van der Waals surface area contributed by atoms with Gasteiger partial charge in [-0.1, -0.05) is 0 Å². The molecule has 0 spiro atoms. The summed E-state index contributed by atoms with van der Waals surface area (Å²) >= 11 is 0. The highest BCUT2D eigenvalue weighted by atomic mass is 16.4. The standard InChI is InChI=1S/C14H19N3O2/c1-8-5-11-12(6-9(8)2)16-14(15-11)10(3)17(4)7-13(18)19/h5-6,10H,7H2,1-4H3,(H,15,16)(H,18,19). The second-order valence-electron chi connectivity index (χ2n) is 5.06. The van der Waals surface area contributed by atoms with Gasteiger partial charge in [-0.05, 0) is 51.1 Å². The van der Waals surface area contributed by atoms with Gasteiger partial charge in [-0.25, -0.2) is 4.98 Å². The highest BCUT2D eigenvalue weighted by Crippen LogP contribution is 2.22. The quantitative estimate of drug-likeness (QED) is 0.885. The number of likely N-dealkylation sites (N-methyl/N-ethyl adjacent to an activating group) is 1. The van der Waals surface area contributed by atoms with Crippen LogP contribution in [0.4, 0.5) is 0 Å². The van der Waals surface area contributed by atoms with E-state index in [-0.39, 0.29) is 12.6 Å². The number of carboxylic acids is 1. The maximum absolute atomic E-state index is 10.7. The SMILES string of the molecule is Cc1cc2nc(C(C)N(C)CC(=O)O)[nH]c2cc1C. The van der Waals surface area contributed by atoms with Crippen molar-refractivity contribution < 1.29 is 9.90 Å². The zero-order valence-electron chi connectivity index (χ0n) is 11.7. The molecule has 0 amide bonds. The first-order valence-electron chi connectivity index (χ1n) is 6.27. The fourth-order valence-corrected chi connectivity index (χ4v) is 2.05. The fourth-order valence-electron chi connectivity index (χ4n) is 2.05. The first kappa shape index (κ1) is 13.5. The molecular weight excluding hydrogens is 242 g/mol. The van der Waals surface area contributed by atoms with Gasteiger partial charge in [0.15, 0.2) is 0 Å². The van der Waals surface area contributed by atoms with E-state index in [1.807, 2.05) is 6.92 Å². The normalized spacial score (nSPS) is 13.1. The molecule has 0 fully saturated rings. The molecular formula is C14H19N3O2. The van der Waals surface area contributed by atoms with Gasteiger partial charge in [0.25, 0.3) is 0 Å². The van der Waals surface area contributed by atoms with Gasteiger partial charge in [-0.15, -0.1) is 0 Å². The number of hydrogen-bond acceptors (Lipinski definition) is 3. The van der Waals surface area contributed by atoms with Crippen molar-refractivity contribution in [2.75, 3.05) is 13.6 Å². The third kappa shape index (κ3) is 2.76. The number of carboxylic acid groups (broad SMARTS) is 1. The molecule has 1 heterocycles. The first-order chi connectivity index (χ1) is 8.88. The Morgan fingerprint density at radius 1 is 1.42 bits per heavy atom. The number of hydrogen-bond donors (Lipinski definition) is 2. The molecule has 0 aliphatic rings. The van der Waals surface area contributed by atoms with E-state index in [1.54, 1.807) is 11.9 Å². The summed E-state index contributed by atoms with van der Waals surface area (Å²) < 4.78 is 0. The predicted octanol–water partition coefficient (Wildman–Crippen LogP) is 2.26. The third-order valence-electron chi connectivity index (χ3n) is 3.56. The van der Waals surface area contributed by atoms with Crippen molar-refractivity contribution in [2.45, 2.75) is 26.8 Å². The molecule has 1 atom stereocenters. The van der Waals surface area contributed by atoms with Crippen molar-refractivity contribution in [1.82, 2.24) is 14.9 Å². The number of benzene rings is 1. The van der Waals surface area contributed by atoms with Gasteiger partial charge in [0.05, 0.1) is 23.6 Å². The molecule has 2 rings (SSSR count). The molecule has 1 unspecified atom stereocenters. The maximum Gasteiger partial charge on any atom is 0.317 e. The summed E-state index contributed by atoms with van der Waals surface area (Å²) in [7, 11) is 1.78. The van der Waals surface area contributed by atoms with E-state index < -0.39 is 5.97 Å². The second-order valence-corrected chi connectivity index (χ2v) is 5.06. The number of carbonyl (C=O) groups is 1. The van der Waals surface area contributed by atoms with E-state index in [9.17, 15) is 4.79 Å². The second kappa shape index (κ2) is 5.01. The third-order valence-corrected chi connectivity index (χ3v) is 3.56. The molecule has 2 N–H and O–H groups in total. The van der Waals surface area contributed by atoms with Crippen LogP contribution in [0, 0.1) is 13.8 Å². The number of nitrogens with one attached hydrogen (secondary N) is 1. The predicted molar refractivity (Wildman–Crippen MR) is 74.2 cm³/mol. The number of aliphatic carboxylic acids is 1. The summed E-state index contributed by atoms with van der Waals surface area (Å²) in [5.74, 6) is -0.0408. The number of rotatable bonds is 4. The Kier molecular flexibility index (Phi) is 3.57. The Hall–Kier alpha value is -1.88. The lowest BCUT2D eigenvalue weighted by atomic mass is 10.1. The number of fused-ring (bicyclic) bond motifs is 1. The van der Waals surface area contributed by atoms with Crippen molar-refractivity contribution in [3.63, 3.8) is 0 Å². The van der Waals surface area contributed by atoms with Gasteiger partial charge in [0.2, 0.25) is 0 Å². The van der Waals surface area contributed by atoms with Gasteiger partial charge in [-0.2, -0.15) is 0 Å². The van der Waals surface area contributed by atoms with E-state index in [0.717, 1.165) is 16.9 Å². The Morgan fingerprint density at radius 2 is 2.05 bits per heavy atom. The molecule has 0 aliphatic carbocycles. The monoisotopic (exact) mass is 261 g/mol. The number of H-pyrrole nitrogens is 1. The lowest BCUT2D eigenvalue weighted by Crippen LogP contribution is -2.29. The largest absolute Gasteiger partial charge is 0.480 e. The molecule has 19 heavy (non-hydrogen) atoms. The fraction of sp³-hybridized carbons (Fsp3) is 0.429. The van der Waals surface area contributed by atoms with Gasteiger partial charge in [0.1, 0.15) is 5.82 Å². The summed E-state index contributed by atoms with van der Waals surface area (Å²) in [6.07, 6.45) is 0. The average molecular weight is 261 g/mol. The number of nitrogens with zero attached hydrogens (tertiary/aromatic N) is 2. The highest BCUT2D eigenvalue weighted by Gasteiger charge is 2.17. The minimum absolute atomic E-state index is 0.00370. The molecule has 2 aromatic rings. The molecule has 0 radical (unpaired) electrons. The van der Waals surface area contributed by atoms with Crippen molar-refractivity contribution in [3.8, 4) is 0 Å². The summed E-state index contributed by atoms with van der Waals surface area (Å²) in [4.78, 5) is 20.3. The van der Waals surface area contributed by atoms with Crippen LogP contribution in [0.25, 0.3) is 11.0 Å². The summed E-state index contributed by atoms with van der Waals surface area (Å²) in [6.45, 7) is 6.06. The molecule has 1 aromatic heterocycles. The molecule has 0 saturated heterocycles. The lowest BCUT2D eigenvalue weighted by molar-refractivity contribution is -0.138. The van der Waals surface area contributed by atoms with Crippen LogP contribution in [0.2, 0.25) is 0 Å². The maximum atomic E-state index is 10.7. The minimum atomic E-state index is -0.836. The van der Waals surface area contributed by atoms with Gasteiger partial charge in [-0.3, -0.25) is 9.69 Å². The summed E-state index contributed by atoms with van der Waals surface area (Å²) in [5.41, 5.74) is 4.34. The van der Waals surface area contributed by atoms with Gasteiger partial charge >= 0.3 is 5.97 Å². The van der Waals surface area contributed by atoms with Crippen LogP contribution in [-0.2, 0) is 4.79 Å². The summed E-state index contributed by atoms with van der Waals surface area (Å²) in [5, 5.41) is 8.82. The van der Waals surface area contributed by atoms with Gasteiger partial charge in [0, 0.05) is 0 Å². The van der Waals surface area contributed by atoms with Crippen LogP contribution in [-0.4, -0.2) is 39.5 Å². The Bertz CT molecular complexity index is 579. The van der Waals surface area contributed by atoms with Crippen molar-refractivity contribution in [1.29, 1.82) is 0 Å². The van der Waals surface area contributed by atoms with E-state index in [2.05, 4.69) is 35.9 Å². The number of aryl methyl sites for hydroxylation is 2. The molecule has 102 valence electrons. The van der Waals surface area contributed by atoms with Crippen molar-refractivity contribution in [2.24, 2.45) is 0 Å².